The average molecular weight is 351 g/mol. The molecule has 0 saturated heterocycles. The Morgan fingerprint density at radius 3 is 2.40 bits per heavy atom. The predicted molar refractivity (Wildman–Crippen MR) is 81.1 cm³/mol. The molecule has 1 aromatic rings. The van der Waals surface area contributed by atoms with Gasteiger partial charge in [-0.25, -0.2) is 9.59 Å². The zero-order valence-electron chi connectivity index (χ0n) is 12.8. The Bertz CT molecular complexity index is 776. The molecule has 0 spiro atoms. The maximum atomic E-state index is 11.0. The topological polar surface area (TPSA) is 174 Å². The molecule has 1 aliphatic rings. The summed E-state index contributed by atoms with van der Waals surface area (Å²) in [6, 6.07) is 5.16. The van der Waals surface area contributed by atoms with Crippen LogP contribution in [0.2, 0.25) is 0 Å². The van der Waals surface area contributed by atoms with Crippen LogP contribution >= 0.6 is 0 Å². The largest absolute Gasteiger partial charge is 0.511 e. The molecule has 2 rings (SSSR count). The van der Waals surface area contributed by atoms with E-state index in [0.29, 0.717) is 0 Å². The number of non-ortho nitro benzene ring substituents is 1. The van der Waals surface area contributed by atoms with Crippen molar-refractivity contribution in [1.82, 2.24) is 5.32 Å². The van der Waals surface area contributed by atoms with Gasteiger partial charge in [0.05, 0.1) is 10.6 Å². The van der Waals surface area contributed by atoms with Crippen molar-refractivity contribution in [2.75, 3.05) is 0 Å². The number of hydrogen-bond donors (Lipinski definition) is 4. The van der Waals surface area contributed by atoms with E-state index < -0.39 is 23.2 Å². The van der Waals surface area contributed by atoms with Gasteiger partial charge < -0.3 is 30.7 Å². The summed E-state index contributed by atoms with van der Waals surface area (Å²) in [7, 11) is 0. The van der Waals surface area contributed by atoms with Crippen molar-refractivity contribution in [2.24, 2.45) is 5.73 Å². The SMILES string of the molecule is CC1=C(OC(=O)O)C(c2cccc([N+](=O)[O-])c2)C(OC(=O)O)=C(N)N1. The number of ether oxygens (including phenoxy) is 2. The maximum Gasteiger partial charge on any atom is 0.511 e. The molecule has 0 saturated carbocycles. The Kier molecular flexibility index (Phi) is 4.77. The van der Waals surface area contributed by atoms with Gasteiger partial charge in [0.15, 0.2) is 5.76 Å². The molecule has 25 heavy (non-hydrogen) atoms. The van der Waals surface area contributed by atoms with Gasteiger partial charge in [-0.15, -0.1) is 0 Å². The van der Waals surface area contributed by atoms with E-state index in [-0.39, 0.29) is 34.3 Å². The lowest BCUT2D eigenvalue weighted by Crippen LogP contribution is -2.33. The van der Waals surface area contributed by atoms with Crippen LogP contribution in [0.3, 0.4) is 0 Å². The number of rotatable bonds is 4. The van der Waals surface area contributed by atoms with Gasteiger partial charge in [-0.05, 0) is 12.5 Å². The van der Waals surface area contributed by atoms with Gasteiger partial charge >= 0.3 is 12.3 Å². The van der Waals surface area contributed by atoms with Gasteiger partial charge in [0.2, 0.25) is 0 Å². The van der Waals surface area contributed by atoms with Crippen LogP contribution in [0.4, 0.5) is 15.3 Å². The molecule has 0 radical (unpaired) electrons. The van der Waals surface area contributed by atoms with Crippen molar-refractivity contribution in [3.05, 3.63) is 63.0 Å². The Morgan fingerprint density at radius 1 is 1.24 bits per heavy atom. The highest BCUT2D eigenvalue weighted by Gasteiger charge is 2.36. The smallest absolute Gasteiger partial charge is 0.449 e. The number of carboxylic acid groups (broad SMARTS) is 2. The summed E-state index contributed by atoms with van der Waals surface area (Å²) in [5.41, 5.74) is 5.83. The quantitative estimate of drug-likeness (QED) is 0.357. The van der Waals surface area contributed by atoms with Crippen molar-refractivity contribution in [1.29, 1.82) is 0 Å². The Labute approximate surface area is 140 Å². The normalized spacial score (nSPS) is 16.9. The molecular formula is C14H13N3O8. The van der Waals surface area contributed by atoms with E-state index in [2.05, 4.69) is 10.1 Å². The van der Waals surface area contributed by atoms with E-state index in [1.807, 2.05) is 0 Å². The zero-order valence-corrected chi connectivity index (χ0v) is 12.8. The van der Waals surface area contributed by atoms with E-state index in [0.717, 1.165) is 6.07 Å². The van der Waals surface area contributed by atoms with E-state index >= 15 is 0 Å². The molecule has 0 fully saturated rings. The Morgan fingerprint density at radius 2 is 1.84 bits per heavy atom. The zero-order chi connectivity index (χ0) is 18.7. The predicted octanol–water partition coefficient (Wildman–Crippen LogP) is 2.03. The Hall–Kier alpha value is -3.76. The lowest BCUT2D eigenvalue weighted by Gasteiger charge is -2.28. The summed E-state index contributed by atoms with van der Waals surface area (Å²) >= 11 is 0. The van der Waals surface area contributed by atoms with Gasteiger partial charge in [0.1, 0.15) is 17.5 Å². The summed E-state index contributed by atoms with van der Waals surface area (Å²) in [6.45, 7) is 1.45. The maximum absolute atomic E-state index is 11.0. The second-order valence-corrected chi connectivity index (χ2v) is 4.91. The fourth-order valence-electron chi connectivity index (χ4n) is 2.37. The van der Waals surface area contributed by atoms with Crippen LogP contribution in [0, 0.1) is 10.1 Å². The molecule has 1 aliphatic heterocycles. The van der Waals surface area contributed by atoms with Crippen LogP contribution in [0.5, 0.6) is 0 Å². The monoisotopic (exact) mass is 351 g/mol. The molecule has 0 amide bonds. The third-order valence-electron chi connectivity index (χ3n) is 3.29. The Balaban J connectivity index is 2.63. The summed E-state index contributed by atoms with van der Waals surface area (Å²) in [5, 5.41) is 31.4. The first-order valence-corrected chi connectivity index (χ1v) is 6.74. The van der Waals surface area contributed by atoms with Gasteiger partial charge in [-0.2, -0.15) is 0 Å². The number of nitrogens with two attached hydrogens (primary N) is 1. The minimum Gasteiger partial charge on any atom is -0.449 e. The second-order valence-electron chi connectivity index (χ2n) is 4.91. The highest BCUT2D eigenvalue weighted by atomic mass is 16.7. The van der Waals surface area contributed by atoms with E-state index in [9.17, 15) is 19.7 Å². The molecule has 1 heterocycles. The summed E-state index contributed by atoms with van der Waals surface area (Å²) in [6.07, 6.45) is -3.34. The summed E-state index contributed by atoms with van der Waals surface area (Å²) in [4.78, 5) is 32.3. The molecule has 1 atom stereocenters. The number of dihydropyridines is 1. The van der Waals surface area contributed by atoms with Gasteiger partial charge in [0, 0.05) is 12.1 Å². The van der Waals surface area contributed by atoms with Crippen molar-refractivity contribution >= 4 is 18.0 Å². The molecule has 0 aromatic heterocycles. The molecule has 11 nitrogen and oxygen atoms in total. The first-order chi connectivity index (χ1) is 11.7. The van der Waals surface area contributed by atoms with Crippen LogP contribution in [-0.4, -0.2) is 27.4 Å². The van der Waals surface area contributed by atoms with Crippen molar-refractivity contribution < 1.29 is 34.2 Å². The average Bonchev–Trinajstić information content (AvgIpc) is 2.51. The van der Waals surface area contributed by atoms with Gasteiger partial charge in [0.25, 0.3) is 5.69 Å². The number of nitro benzene ring substituents is 1. The fourth-order valence-corrected chi connectivity index (χ4v) is 2.37. The minimum absolute atomic E-state index is 0.172. The van der Waals surface area contributed by atoms with Gasteiger partial charge in [-0.3, -0.25) is 10.1 Å². The summed E-state index contributed by atoms with van der Waals surface area (Å²) < 4.78 is 9.40. The third kappa shape index (κ3) is 3.77. The fraction of sp³-hybridized carbons (Fsp3) is 0.143. The van der Waals surface area contributed by atoms with Crippen molar-refractivity contribution in [3.63, 3.8) is 0 Å². The first-order valence-electron chi connectivity index (χ1n) is 6.74. The van der Waals surface area contributed by atoms with Gasteiger partial charge in [-0.1, -0.05) is 12.1 Å². The molecule has 132 valence electrons. The standard InChI is InChI=1S/C14H13N3O8/c1-6-10(24-13(18)19)9(11(12(15)16-6)25-14(20)21)7-3-2-4-8(5-7)17(22)23/h2-5,9,16H,15H2,1H3,(H,18,19)(H,20,21). The number of carbonyl (C=O) groups is 2. The third-order valence-corrected chi connectivity index (χ3v) is 3.29. The van der Waals surface area contributed by atoms with E-state index in [4.69, 9.17) is 20.7 Å². The molecule has 11 heteroatoms. The minimum atomic E-state index is -1.69. The molecular weight excluding hydrogens is 338 g/mol. The number of nitrogens with zero attached hydrogens (tertiary/aromatic N) is 1. The number of nitrogens with one attached hydrogen (secondary N) is 1. The molecule has 5 N–H and O–H groups in total. The number of nitro groups is 1. The van der Waals surface area contributed by atoms with Crippen molar-refractivity contribution in [3.8, 4) is 0 Å². The molecule has 1 unspecified atom stereocenters. The lowest BCUT2D eigenvalue weighted by molar-refractivity contribution is -0.384. The molecule has 1 aromatic carbocycles. The molecule has 0 aliphatic carbocycles. The van der Waals surface area contributed by atoms with Crippen LogP contribution in [0.25, 0.3) is 0 Å². The number of allylic oxidation sites excluding steroid dienone is 1. The highest BCUT2D eigenvalue weighted by Crippen LogP contribution is 2.39. The number of hydrogen-bond acceptors (Lipinski definition) is 8. The highest BCUT2D eigenvalue weighted by molar-refractivity contribution is 5.63. The first kappa shape index (κ1) is 17.6. The van der Waals surface area contributed by atoms with Crippen LogP contribution in [-0.2, 0) is 9.47 Å². The van der Waals surface area contributed by atoms with Crippen LogP contribution < -0.4 is 11.1 Å². The lowest BCUT2D eigenvalue weighted by atomic mass is 9.91. The van der Waals surface area contributed by atoms with Crippen LogP contribution in [0.1, 0.15) is 18.4 Å². The molecule has 0 bridgehead atoms. The van der Waals surface area contributed by atoms with E-state index in [1.54, 1.807) is 0 Å². The van der Waals surface area contributed by atoms with Crippen LogP contribution in [0.15, 0.2) is 47.3 Å². The second kappa shape index (κ2) is 6.78. The summed E-state index contributed by atoms with van der Waals surface area (Å²) in [5.74, 6) is -1.95. The van der Waals surface area contributed by atoms with Crippen molar-refractivity contribution in [2.45, 2.75) is 12.8 Å². The number of benzene rings is 1. The van der Waals surface area contributed by atoms with E-state index in [1.165, 1.54) is 25.1 Å².